The molecule has 100 valence electrons. The van der Waals surface area contributed by atoms with Gasteiger partial charge in [0.1, 0.15) is 11.8 Å². The lowest BCUT2D eigenvalue weighted by Crippen LogP contribution is -2.23. The number of aryl methyl sites for hydroxylation is 1. The van der Waals surface area contributed by atoms with E-state index in [9.17, 15) is 18.0 Å². The van der Waals surface area contributed by atoms with Crippen LogP contribution in [0.2, 0.25) is 0 Å². The molecule has 0 bridgehead atoms. The lowest BCUT2D eigenvalue weighted by Gasteiger charge is -2.14. The lowest BCUT2D eigenvalue weighted by molar-refractivity contribution is -0.274. The van der Waals surface area contributed by atoms with Crippen LogP contribution in [-0.4, -0.2) is 19.4 Å². The summed E-state index contributed by atoms with van der Waals surface area (Å²) >= 11 is 0. The molecule has 0 aliphatic rings. The van der Waals surface area contributed by atoms with Gasteiger partial charge in [-0.15, -0.1) is 13.2 Å². The van der Waals surface area contributed by atoms with E-state index in [4.69, 9.17) is 5.73 Å². The maximum Gasteiger partial charge on any atom is 0.573 e. The number of nitrogens with two attached hydrogens (primary N) is 1. The smallest absolute Gasteiger partial charge is 0.468 e. The Hall–Kier alpha value is -1.76. The second-order valence-electron chi connectivity index (χ2n) is 3.57. The molecule has 0 fully saturated rings. The summed E-state index contributed by atoms with van der Waals surface area (Å²) in [6.07, 6.45) is -4.75. The zero-order chi connectivity index (χ0) is 13.9. The van der Waals surface area contributed by atoms with Crippen LogP contribution in [0.5, 0.6) is 5.75 Å². The van der Waals surface area contributed by atoms with Gasteiger partial charge in [0, 0.05) is 0 Å². The van der Waals surface area contributed by atoms with Gasteiger partial charge in [-0.1, -0.05) is 6.07 Å². The van der Waals surface area contributed by atoms with Crippen LogP contribution in [0.4, 0.5) is 13.2 Å². The Bertz CT molecular complexity index is 446. The molecule has 0 aromatic heterocycles. The van der Waals surface area contributed by atoms with Crippen LogP contribution in [0, 0.1) is 6.92 Å². The molecule has 1 rings (SSSR count). The Morgan fingerprint density at radius 2 is 2.00 bits per heavy atom. The number of ether oxygens (including phenoxy) is 2. The standard InChI is InChI=1S/C11H12F3NO3/c1-6-5-7(18-11(12,13)14)3-4-8(6)9(15)10(16)17-2/h3-5,9H,15H2,1-2H3. The molecular weight excluding hydrogens is 251 g/mol. The Balaban J connectivity index is 2.96. The molecule has 0 spiro atoms. The van der Waals surface area contributed by atoms with Crippen LogP contribution in [0.3, 0.4) is 0 Å². The molecule has 0 saturated heterocycles. The third kappa shape index (κ3) is 3.63. The minimum atomic E-state index is -4.75. The summed E-state index contributed by atoms with van der Waals surface area (Å²) in [5, 5.41) is 0. The average Bonchev–Trinajstić information content (AvgIpc) is 2.25. The molecule has 1 aromatic carbocycles. The fourth-order valence-corrected chi connectivity index (χ4v) is 1.45. The van der Waals surface area contributed by atoms with Crippen molar-refractivity contribution < 1.29 is 27.4 Å². The summed E-state index contributed by atoms with van der Waals surface area (Å²) in [6.45, 7) is 1.53. The normalized spacial score (nSPS) is 13.0. The van der Waals surface area contributed by atoms with Crippen molar-refractivity contribution in [3.63, 3.8) is 0 Å². The predicted molar refractivity (Wildman–Crippen MR) is 56.8 cm³/mol. The summed E-state index contributed by atoms with van der Waals surface area (Å²) in [7, 11) is 1.18. The maximum atomic E-state index is 12.0. The molecule has 1 unspecified atom stereocenters. The minimum absolute atomic E-state index is 0.360. The van der Waals surface area contributed by atoms with Crippen LogP contribution >= 0.6 is 0 Å². The first-order valence-electron chi connectivity index (χ1n) is 4.94. The summed E-state index contributed by atoms with van der Waals surface area (Å²) in [5.41, 5.74) is 6.39. The lowest BCUT2D eigenvalue weighted by atomic mass is 10.0. The number of esters is 1. The van der Waals surface area contributed by atoms with E-state index in [0.717, 1.165) is 12.1 Å². The summed E-state index contributed by atoms with van der Waals surface area (Å²) in [5.74, 6) is -1.02. The number of methoxy groups -OCH3 is 1. The van der Waals surface area contributed by atoms with Crippen molar-refractivity contribution in [1.82, 2.24) is 0 Å². The largest absolute Gasteiger partial charge is 0.573 e. The van der Waals surface area contributed by atoms with E-state index in [1.807, 2.05) is 0 Å². The molecule has 18 heavy (non-hydrogen) atoms. The van der Waals surface area contributed by atoms with E-state index in [1.54, 1.807) is 0 Å². The maximum absolute atomic E-state index is 12.0. The van der Waals surface area contributed by atoms with Gasteiger partial charge in [-0.2, -0.15) is 0 Å². The molecule has 0 heterocycles. The van der Waals surface area contributed by atoms with E-state index in [0.29, 0.717) is 11.1 Å². The molecule has 0 aliphatic carbocycles. The van der Waals surface area contributed by atoms with E-state index < -0.39 is 18.4 Å². The number of carbonyl (C=O) groups is 1. The second kappa shape index (κ2) is 5.26. The van der Waals surface area contributed by atoms with Crippen molar-refractivity contribution >= 4 is 5.97 Å². The summed E-state index contributed by atoms with van der Waals surface area (Å²) < 4.78 is 44.2. The zero-order valence-corrected chi connectivity index (χ0v) is 9.75. The summed E-state index contributed by atoms with van der Waals surface area (Å²) in [4.78, 5) is 11.2. The fraction of sp³-hybridized carbons (Fsp3) is 0.364. The van der Waals surface area contributed by atoms with Crippen molar-refractivity contribution in [2.45, 2.75) is 19.3 Å². The number of hydrogen-bond donors (Lipinski definition) is 1. The van der Waals surface area contributed by atoms with Crippen molar-refractivity contribution in [2.24, 2.45) is 5.73 Å². The number of rotatable bonds is 3. The van der Waals surface area contributed by atoms with Gasteiger partial charge >= 0.3 is 12.3 Å². The molecule has 1 atom stereocenters. The fourth-order valence-electron chi connectivity index (χ4n) is 1.45. The van der Waals surface area contributed by atoms with Crippen molar-refractivity contribution in [2.75, 3.05) is 7.11 Å². The molecule has 4 nitrogen and oxygen atoms in total. The molecule has 7 heteroatoms. The predicted octanol–water partition coefficient (Wildman–Crippen LogP) is 2.07. The quantitative estimate of drug-likeness (QED) is 0.848. The molecule has 0 saturated carbocycles. The van der Waals surface area contributed by atoms with Gasteiger partial charge in [0.05, 0.1) is 7.11 Å². The number of carbonyl (C=O) groups excluding carboxylic acids is 1. The number of benzene rings is 1. The van der Waals surface area contributed by atoms with Gasteiger partial charge in [-0.05, 0) is 30.2 Å². The molecule has 0 radical (unpaired) electrons. The highest BCUT2D eigenvalue weighted by atomic mass is 19.4. The number of hydrogen-bond acceptors (Lipinski definition) is 4. The Morgan fingerprint density at radius 1 is 1.39 bits per heavy atom. The SMILES string of the molecule is COC(=O)C(N)c1ccc(OC(F)(F)F)cc1C. The highest BCUT2D eigenvalue weighted by molar-refractivity contribution is 5.77. The zero-order valence-electron chi connectivity index (χ0n) is 9.75. The van der Waals surface area contributed by atoms with Crippen LogP contribution in [0.1, 0.15) is 17.2 Å². The van der Waals surface area contributed by atoms with Gasteiger partial charge in [0.15, 0.2) is 0 Å². The first-order valence-corrected chi connectivity index (χ1v) is 4.94. The van der Waals surface area contributed by atoms with Crippen LogP contribution < -0.4 is 10.5 Å². The first kappa shape index (κ1) is 14.3. The van der Waals surface area contributed by atoms with Gasteiger partial charge in [-0.25, -0.2) is 0 Å². The molecule has 1 aromatic rings. The average molecular weight is 263 g/mol. The summed E-state index contributed by atoms with van der Waals surface area (Å²) in [6, 6.07) is 2.53. The van der Waals surface area contributed by atoms with Gasteiger partial charge in [0.25, 0.3) is 0 Å². The Kier molecular flexibility index (Phi) is 4.18. The number of halogens is 3. The highest BCUT2D eigenvalue weighted by Crippen LogP contribution is 2.26. The highest BCUT2D eigenvalue weighted by Gasteiger charge is 2.31. The Labute approximate surface area is 101 Å². The monoisotopic (exact) mass is 263 g/mol. The van der Waals surface area contributed by atoms with E-state index >= 15 is 0 Å². The van der Waals surface area contributed by atoms with Gasteiger partial charge in [0.2, 0.25) is 0 Å². The van der Waals surface area contributed by atoms with E-state index in [2.05, 4.69) is 9.47 Å². The number of alkyl halides is 3. The van der Waals surface area contributed by atoms with Crippen molar-refractivity contribution in [3.05, 3.63) is 29.3 Å². The first-order chi connectivity index (χ1) is 8.24. The Morgan fingerprint density at radius 3 is 2.44 bits per heavy atom. The van der Waals surface area contributed by atoms with Gasteiger partial charge in [-0.3, -0.25) is 4.79 Å². The van der Waals surface area contributed by atoms with Crippen LogP contribution in [0.15, 0.2) is 18.2 Å². The van der Waals surface area contributed by atoms with Crippen LogP contribution in [0.25, 0.3) is 0 Å². The third-order valence-electron chi connectivity index (χ3n) is 2.27. The van der Waals surface area contributed by atoms with E-state index in [1.165, 1.54) is 20.1 Å². The second-order valence-corrected chi connectivity index (χ2v) is 3.57. The van der Waals surface area contributed by atoms with Crippen molar-refractivity contribution in [3.8, 4) is 5.75 Å². The molecule has 0 amide bonds. The topological polar surface area (TPSA) is 61.5 Å². The van der Waals surface area contributed by atoms with Crippen molar-refractivity contribution in [1.29, 1.82) is 0 Å². The molecule has 0 aliphatic heterocycles. The molecular formula is C11H12F3NO3. The van der Waals surface area contributed by atoms with E-state index in [-0.39, 0.29) is 5.75 Å². The molecule has 2 N–H and O–H groups in total. The van der Waals surface area contributed by atoms with Crippen LogP contribution in [-0.2, 0) is 9.53 Å². The minimum Gasteiger partial charge on any atom is -0.468 e. The third-order valence-corrected chi connectivity index (χ3v) is 2.27. The van der Waals surface area contributed by atoms with Gasteiger partial charge < -0.3 is 15.2 Å².